The third-order valence-electron chi connectivity index (χ3n) is 5.04. The third kappa shape index (κ3) is 4.46. The molecular weight excluding hydrogens is 355 g/mol. The van der Waals surface area contributed by atoms with Crippen molar-refractivity contribution in [2.75, 3.05) is 18.4 Å². The third-order valence-corrected chi connectivity index (χ3v) is 5.04. The first kappa shape index (κ1) is 18.4. The molecule has 1 N–H and O–H groups in total. The highest BCUT2D eigenvalue weighted by Gasteiger charge is 2.26. The van der Waals surface area contributed by atoms with E-state index in [0.717, 1.165) is 36.3 Å². The Morgan fingerprint density at radius 2 is 1.89 bits per heavy atom. The van der Waals surface area contributed by atoms with Crippen molar-refractivity contribution in [3.05, 3.63) is 72.7 Å². The molecule has 3 aromatic rings. The van der Waals surface area contributed by atoms with Gasteiger partial charge in [-0.2, -0.15) is 5.10 Å². The van der Waals surface area contributed by atoms with E-state index in [1.165, 1.54) is 12.1 Å². The number of likely N-dealkylation sites (tertiary alicyclic amines) is 1. The summed E-state index contributed by atoms with van der Waals surface area (Å²) in [4.78, 5) is 14.8. The van der Waals surface area contributed by atoms with Gasteiger partial charge >= 0.3 is 0 Å². The Labute approximate surface area is 163 Å². The first-order valence-corrected chi connectivity index (χ1v) is 9.55. The number of hydrogen-bond acceptors (Lipinski definition) is 3. The molecule has 0 spiro atoms. The molecule has 4 rings (SSSR count). The normalized spacial score (nSPS) is 17.4. The predicted octanol–water partition coefficient (Wildman–Crippen LogP) is 4.00. The maximum Gasteiger partial charge on any atom is 0.228 e. The number of carbonyl (C=O) groups is 1. The van der Waals surface area contributed by atoms with E-state index in [-0.39, 0.29) is 17.6 Å². The fourth-order valence-corrected chi connectivity index (χ4v) is 3.58. The van der Waals surface area contributed by atoms with Crippen LogP contribution in [0.3, 0.4) is 0 Å². The van der Waals surface area contributed by atoms with Crippen LogP contribution in [0.4, 0.5) is 10.1 Å². The van der Waals surface area contributed by atoms with E-state index in [9.17, 15) is 9.18 Å². The number of amides is 1. The molecule has 1 amide bonds. The molecule has 1 aromatic heterocycles. The van der Waals surface area contributed by atoms with Crippen LogP contribution in [0.15, 0.2) is 66.9 Å². The minimum absolute atomic E-state index is 0.0268. The maximum absolute atomic E-state index is 13.1. The average molecular weight is 378 g/mol. The van der Waals surface area contributed by atoms with Crippen molar-refractivity contribution in [2.24, 2.45) is 5.92 Å². The standard InChI is InChI=1S/C22H23FN4O/c23-19-10-8-17(9-11-19)21-12-14-27(25-21)16-26-13-4-5-18(15-26)22(28)24-20-6-2-1-3-7-20/h1-3,6-12,14,18H,4-5,13,15-16H2,(H,24,28). The lowest BCUT2D eigenvalue weighted by atomic mass is 9.97. The van der Waals surface area contributed by atoms with Crippen molar-refractivity contribution in [1.29, 1.82) is 0 Å². The summed E-state index contributed by atoms with van der Waals surface area (Å²) in [6.07, 6.45) is 3.81. The molecule has 1 atom stereocenters. The predicted molar refractivity (Wildman–Crippen MR) is 107 cm³/mol. The van der Waals surface area contributed by atoms with Gasteiger partial charge in [-0.25, -0.2) is 4.39 Å². The van der Waals surface area contributed by atoms with Gasteiger partial charge in [-0.05, 0) is 61.9 Å². The van der Waals surface area contributed by atoms with Gasteiger partial charge in [0.25, 0.3) is 0 Å². The molecule has 1 fully saturated rings. The molecule has 1 aliphatic rings. The molecule has 0 radical (unpaired) electrons. The van der Waals surface area contributed by atoms with Crippen molar-refractivity contribution in [2.45, 2.75) is 19.5 Å². The molecule has 0 saturated carbocycles. The first-order valence-electron chi connectivity index (χ1n) is 9.55. The smallest absolute Gasteiger partial charge is 0.228 e. The number of nitrogens with one attached hydrogen (secondary N) is 1. The van der Waals surface area contributed by atoms with Crippen molar-refractivity contribution in [3.8, 4) is 11.3 Å². The lowest BCUT2D eigenvalue weighted by molar-refractivity contribution is -0.121. The van der Waals surface area contributed by atoms with Gasteiger partial charge in [-0.3, -0.25) is 14.4 Å². The van der Waals surface area contributed by atoms with E-state index < -0.39 is 0 Å². The largest absolute Gasteiger partial charge is 0.326 e. The molecule has 1 aliphatic heterocycles. The van der Waals surface area contributed by atoms with Crippen LogP contribution in [-0.2, 0) is 11.5 Å². The van der Waals surface area contributed by atoms with Crippen LogP contribution in [0, 0.1) is 11.7 Å². The highest BCUT2D eigenvalue weighted by molar-refractivity contribution is 5.92. The van der Waals surface area contributed by atoms with E-state index in [0.29, 0.717) is 13.2 Å². The van der Waals surface area contributed by atoms with Crippen LogP contribution >= 0.6 is 0 Å². The number of piperidine rings is 1. The summed E-state index contributed by atoms with van der Waals surface area (Å²) < 4.78 is 15.0. The molecule has 28 heavy (non-hydrogen) atoms. The monoisotopic (exact) mass is 378 g/mol. The van der Waals surface area contributed by atoms with Gasteiger partial charge in [0, 0.05) is 24.0 Å². The topological polar surface area (TPSA) is 50.2 Å². The molecule has 0 bridgehead atoms. The Balaban J connectivity index is 1.36. The van der Waals surface area contributed by atoms with Crippen LogP contribution < -0.4 is 5.32 Å². The second-order valence-corrected chi connectivity index (χ2v) is 7.16. The number of anilines is 1. The molecule has 144 valence electrons. The van der Waals surface area contributed by atoms with Gasteiger partial charge in [-0.15, -0.1) is 0 Å². The first-order chi connectivity index (χ1) is 13.7. The summed E-state index contributed by atoms with van der Waals surface area (Å²) in [5.41, 5.74) is 2.54. The molecule has 1 saturated heterocycles. The Hall–Kier alpha value is -2.99. The second-order valence-electron chi connectivity index (χ2n) is 7.16. The van der Waals surface area contributed by atoms with Crippen LogP contribution in [0.25, 0.3) is 11.3 Å². The van der Waals surface area contributed by atoms with Crippen LogP contribution in [0.5, 0.6) is 0 Å². The van der Waals surface area contributed by atoms with Gasteiger partial charge in [0.15, 0.2) is 0 Å². The summed E-state index contributed by atoms with van der Waals surface area (Å²) in [5, 5.41) is 7.60. The molecule has 1 unspecified atom stereocenters. The van der Waals surface area contributed by atoms with E-state index in [2.05, 4.69) is 15.3 Å². The van der Waals surface area contributed by atoms with E-state index in [1.54, 1.807) is 12.1 Å². The fraction of sp³-hybridized carbons (Fsp3) is 0.273. The summed E-state index contributed by atoms with van der Waals surface area (Å²) in [7, 11) is 0. The van der Waals surface area contributed by atoms with Crippen molar-refractivity contribution in [1.82, 2.24) is 14.7 Å². The van der Waals surface area contributed by atoms with Crippen LogP contribution in [-0.4, -0.2) is 33.7 Å². The van der Waals surface area contributed by atoms with Gasteiger partial charge in [0.1, 0.15) is 5.82 Å². The van der Waals surface area contributed by atoms with E-state index in [4.69, 9.17) is 0 Å². The molecule has 0 aliphatic carbocycles. The number of aromatic nitrogens is 2. The Morgan fingerprint density at radius 3 is 2.68 bits per heavy atom. The zero-order valence-corrected chi connectivity index (χ0v) is 15.6. The summed E-state index contributed by atoms with van der Waals surface area (Å²) in [6.45, 7) is 2.29. The number of nitrogens with zero attached hydrogens (tertiary/aromatic N) is 3. The van der Waals surface area contributed by atoms with Crippen LogP contribution in [0.2, 0.25) is 0 Å². The highest BCUT2D eigenvalue weighted by atomic mass is 19.1. The number of benzene rings is 2. The van der Waals surface area contributed by atoms with Crippen LogP contribution in [0.1, 0.15) is 12.8 Å². The zero-order valence-electron chi connectivity index (χ0n) is 15.6. The van der Waals surface area contributed by atoms with Gasteiger partial charge in [0.05, 0.1) is 18.3 Å². The minimum Gasteiger partial charge on any atom is -0.326 e. The number of rotatable bonds is 5. The molecule has 5 nitrogen and oxygen atoms in total. The summed E-state index contributed by atoms with van der Waals surface area (Å²) in [5.74, 6) is -0.208. The summed E-state index contributed by atoms with van der Waals surface area (Å²) >= 11 is 0. The van der Waals surface area contributed by atoms with E-state index >= 15 is 0 Å². The van der Waals surface area contributed by atoms with Crippen molar-refractivity contribution in [3.63, 3.8) is 0 Å². The Morgan fingerprint density at radius 1 is 1.11 bits per heavy atom. The highest BCUT2D eigenvalue weighted by Crippen LogP contribution is 2.21. The zero-order chi connectivity index (χ0) is 19.3. The summed E-state index contributed by atoms with van der Waals surface area (Å²) in [6, 6.07) is 17.8. The van der Waals surface area contributed by atoms with Gasteiger partial charge in [0.2, 0.25) is 5.91 Å². The molecule has 6 heteroatoms. The second kappa shape index (κ2) is 8.35. The lowest BCUT2D eigenvalue weighted by Gasteiger charge is -2.31. The number of para-hydroxylation sites is 1. The lowest BCUT2D eigenvalue weighted by Crippen LogP contribution is -2.41. The molecule has 2 heterocycles. The number of carbonyl (C=O) groups excluding carboxylic acids is 1. The van der Waals surface area contributed by atoms with Crippen molar-refractivity contribution < 1.29 is 9.18 Å². The van der Waals surface area contributed by atoms with Gasteiger partial charge < -0.3 is 5.32 Å². The van der Waals surface area contributed by atoms with E-state index in [1.807, 2.05) is 47.3 Å². The Bertz CT molecular complexity index is 923. The number of hydrogen-bond donors (Lipinski definition) is 1. The Kier molecular flexibility index (Phi) is 5.48. The number of halogens is 1. The average Bonchev–Trinajstić information content (AvgIpc) is 3.18. The maximum atomic E-state index is 13.1. The fourth-order valence-electron chi connectivity index (χ4n) is 3.58. The minimum atomic E-state index is -0.253. The quantitative estimate of drug-likeness (QED) is 0.730. The SMILES string of the molecule is O=C(Nc1ccccc1)C1CCCN(Cn2ccc(-c3ccc(F)cc3)n2)C1. The molecular formula is C22H23FN4O. The molecule has 2 aromatic carbocycles. The van der Waals surface area contributed by atoms with Crippen molar-refractivity contribution >= 4 is 11.6 Å². The van der Waals surface area contributed by atoms with Gasteiger partial charge in [-0.1, -0.05) is 18.2 Å².